The van der Waals surface area contributed by atoms with E-state index < -0.39 is 0 Å². The summed E-state index contributed by atoms with van der Waals surface area (Å²) in [6.07, 6.45) is 7.61. The summed E-state index contributed by atoms with van der Waals surface area (Å²) >= 11 is 0. The summed E-state index contributed by atoms with van der Waals surface area (Å²) in [5, 5.41) is 3.26. The Morgan fingerprint density at radius 2 is 1.94 bits per heavy atom. The van der Waals surface area contributed by atoms with Crippen LogP contribution in [0.2, 0.25) is 0 Å². The summed E-state index contributed by atoms with van der Waals surface area (Å²) in [4.78, 5) is 14.7. The summed E-state index contributed by atoms with van der Waals surface area (Å²) in [6.45, 7) is 3.11. The van der Waals surface area contributed by atoms with E-state index >= 15 is 0 Å². The van der Waals surface area contributed by atoms with Crippen molar-refractivity contribution in [2.75, 3.05) is 26.7 Å². The molecule has 0 aromatic carbocycles. The molecule has 1 aliphatic heterocycles. The zero-order chi connectivity index (χ0) is 12.5. The molecule has 1 heterocycles. The Morgan fingerprint density at radius 1 is 1.17 bits per heavy atom. The van der Waals surface area contributed by atoms with E-state index in [1.165, 1.54) is 38.5 Å². The molecule has 0 aromatic rings. The largest absolute Gasteiger partial charge is 0.342 e. The van der Waals surface area contributed by atoms with Gasteiger partial charge in [0, 0.05) is 19.0 Å². The first kappa shape index (κ1) is 12.5. The number of carbonyl (C=O) groups is 1. The van der Waals surface area contributed by atoms with Gasteiger partial charge in [-0.2, -0.15) is 0 Å². The maximum Gasteiger partial charge on any atom is 0.225 e. The zero-order valence-electron chi connectivity index (χ0n) is 11.5. The lowest BCUT2D eigenvalue weighted by molar-refractivity contribution is -0.138. The third kappa shape index (κ3) is 2.29. The molecule has 1 N–H and O–H groups in total. The van der Waals surface area contributed by atoms with Gasteiger partial charge in [0.2, 0.25) is 5.91 Å². The first-order valence-electron chi connectivity index (χ1n) is 7.71. The van der Waals surface area contributed by atoms with E-state index in [4.69, 9.17) is 0 Å². The van der Waals surface area contributed by atoms with Crippen molar-refractivity contribution in [3.8, 4) is 0 Å². The maximum absolute atomic E-state index is 12.6. The molecule has 3 nitrogen and oxygen atoms in total. The highest BCUT2D eigenvalue weighted by Crippen LogP contribution is 2.49. The van der Waals surface area contributed by atoms with E-state index in [0.717, 1.165) is 37.4 Å². The van der Waals surface area contributed by atoms with Gasteiger partial charge in [-0.3, -0.25) is 4.79 Å². The highest BCUT2D eigenvalue weighted by atomic mass is 16.2. The fourth-order valence-corrected chi connectivity index (χ4v) is 4.43. The van der Waals surface area contributed by atoms with Crippen molar-refractivity contribution in [3.05, 3.63) is 0 Å². The first-order chi connectivity index (χ1) is 8.78. The predicted octanol–water partition coefficient (Wildman–Crippen LogP) is 1.88. The molecule has 2 bridgehead atoms. The van der Waals surface area contributed by atoms with E-state index in [0.29, 0.717) is 11.8 Å². The number of piperidine rings is 1. The fourth-order valence-electron chi connectivity index (χ4n) is 4.43. The van der Waals surface area contributed by atoms with Crippen LogP contribution in [0.15, 0.2) is 0 Å². The molecular weight excluding hydrogens is 224 g/mol. The van der Waals surface area contributed by atoms with Crippen LogP contribution in [-0.2, 0) is 4.79 Å². The minimum atomic E-state index is 0.393. The van der Waals surface area contributed by atoms with Crippen molar-refractivity contribution in [2.24, 2.45) is 23.7 Å². The summed E-state index contributed by atoms with van der Waals surface area (Å²) in [6, 6.07) is 0. The number of fused-ring (bicyclic) bond motifs is 2. The standard InChI is InChI=1S/C15H26N2O/c1-16-10-11-4-6-17(7-5-11)15(18)14-9-12-2-3-13(14)8-12/h11-14,16H,2-10H2,1H3. The Bertz CT molecular complexity index is 310. The van der Waals surface area contributed by atoms with E-state index in [1.54, 1.807) is 0 Å². The van der Waals surface area contributed by atoms with E-state index in [-0.39, 0.29) is 0 Å². The van der Waals surface area contributed by atoms with Crippen molar-refractivity contribution in [2.45, 2.75) is 38.5 Å². The molecule has 3 rings (SSSR count). The van der Waals surface area contributed by atoms with Crippen molar-refractivity contribution in [3.63, 3.8) is 0 Å². The number of likely N-dealkylation sites (tertiary alicyclic amines) is 1. The van der Waals surface area contributed by atoms with Crippen LogP contribution in [0.4, 0.5) is 0 Å². The van der Waals surface area contributed by atoms with E-state index in [1.807, 2.05) is 7.05 Å². The van der Waals surface area contributed by atoms with Crippen LogP contribution in [0.1, 0.15) is 38.5 Å². The molecule has 0 spiro atoms. The molecule has 102 valence electrons. The average molecular weight is 250 g/mol. The normalized spacial score (nSPS) is 36.3. The number of rotatable bonds is 3. The minimum Gasteiger partial charge on any atom is -0.342 e. The molecular formula is C15H26N2O. The van der Waals surface area contributed by atoms with Crippen LogP contribution >= 0.6 is 0 Å². The average Bonchev–Trinajstić information content (AvgIpc) is 3.01. The minimum absolute atomic E-state index is 0.393. The molecule has 0 radical (unpaired) electrons. The third-order valence-electron chi connectivity index (χ3n) is 5.47. The van der Waals surface area contributed by atoms with Crippen LogP contribution in [0.25, 0.3) is 0 Å². The molecule has 0 aromatic heterocycles. The second-order valence-corrected chi connectivity index (χ2v) is 6.61. The Hall–Kier alpha value is -0.570. The molecule has 1 amide bonds. The Morgan fingerprint density at radius 3 is 2.50 bits per heavy atom. The summed E-state index contributed by atoms with van der Waals surface area (Å²) in [5.41, 5.74) is 0. The summed E-state index contributed by atoms with van der Waals surface area (Å²) in [7, 11) is 2.02. The maximum atomic E-state index is 12.6. The van der Waals surface area contributed by atoms with Gasteiger partial charge < -0.3 is 10.2 Å². The van der Waals surface area contributed by atoms with Crippen LogP contribution in [0, 0.1) is 23.7 Å². The first-order valence-corrected chi connectivity index (χ1v) is 7.71. The van der Waals surface area contributed by atoms with Crippen LogP contribution in [0.5, 0.6) is 0 Å². The second-order valence-electron chi connectivity index (χ2n) is 6.61. The molecule has 1 saturated heterocycles. The van der Waals surface area contributed by atoms with Crippen molar-refractivity contribution in [1.29, 1.82) is 0 Å². The van der Waals surface area contributed by atoms with Gasteiger partial charge >= 0.3 is 0 Å². The fraction of sp³-hybridized carbons (Fsp3) is 0.933. The number of hydrogen-bond acceptors (Lipinski definition) is 2. The molecule has 3 atom stereocenters. The van der Waals surface area contributed by atoms with Gasteiger partial charge in [0.05, 0.1) is 0 Å². The van der Waals surface area contributed by atoms with Crippen LogP contribution in [-0.4, -0.2) is 37.5 Å². The Labute approximate surface area is 110 Å². The van der Waals surface area contributed by atoms with Gasteiger partial charge in [-0.25, -0.2) is 0 Å². The smallest absolute Gasteiger partial charge is 0.225 e. The molecule has 3 heteroatoms. The van der Waals surface area contributed by atoms with E-state index in [9.17, 15) is 4.79 Å². The molecule has 18 heavy (non-hydrogen) atoms. The van der Waals surface area contributed by atoms with Gasteiger partial charge in [-0.15, -0.1) is 0 Å². The van der Waals surface area contributed by atoms with E-state index in [2.05, 4.69) is 10.2 Å². The Kier molecular flexibility index (Phi) is 3.60. The summed E-state index contributed by atoms with van der Waals surface area (Å²) < 4.78 is 0. The zero-order valence-corrected chi connectivity index (χ0v) is 11.5. The van der Waals surface area contributed by atoms with Gasteiger partial charge in [-0.1, -0.05) is 6.42 Å². The van der Waals surface area contributed by atoms with Crippen molar-refractivity contribution >= 4 is 5.91 Å². The SMILES string of the molecule is CNCC1CCN(C(=O)C2CC3CCC2C3)CC1. The number of amides is 1. The van der Waals surface area contributed by atoms with Crippen molar-refractivity contribution < 1.29 is 4.79 Å². The monoisotopic (exact) mass is 250 g/mol. The second kappa shape index (κ2) is 5.20. The Balaban J connectivity index is 1.52. The summed E-state index contributed by atoms with van der Waals surface area (Å²) in [5.74, 6) is 3.28. The highest BCUT2D eigenvalue weighted by Gasteiger charge is 2.44. The lowest BCUT2D eigenvalue weighted by atomic mass is 9.86. The topological polar surface area (TPSA) is 32.3 Å². The lowest BCUT2D eigenvalue weighted by Crippen LogP contribution is -2.44. The molecule has 2 saturated carbocycles. The highest BCUT2D eigenvalue weighted by molar-refractivity contribution is 5.79. The molecule has 2 aliphatic carbocycles. The molecule has 3 aliphatic rings. The van der Waals surface area contributed by atoms with Crippen LogP contribution in [0.3, 0.4) is 0 Å². The predicted molar refractivity (Wildman–Crippen MR) is 72.2 cm³/mol. The van der Waals surface area contributed by atoms with Gasteiger partial charge in [-0.05, 0) is 63.5 Å². The number of hydrogen-bond donors (Lipinski definition) is 1. The lowest BCUT2D eigenvalue weighted by Gasteiger charge is -2.35. The molecule has 3 unspecified atom stereocenters. The van der Waals surface area contributed by atoms with Gasteiger partial charge in [0.15, 0.2) is 0 Å². The number of nitrogens with zero attached hydrogens (tertiary/aromatic N) is 1. The third-order valence-corrected chi connectivity index (χ3v) is 5.47. The number of carbonyl (C=O) groups excluding carboxylic acids is 1. The quantitative estimate of drug-likeness (QED) is 0.829. The van der Waals surface area contributed by atoms with Gasteiger partial charge in [0.25, 0.3) is 0 Å². The van der Waals surface area contributed by atoms with Crippen LogP contribution < -0.4 is 5.32 Å². The van der Waals surface area contributed by atoms with Crippen molar-refractivity contribution in [1.82, 2.24) is 10.2 Å². The number of nitrogens with one attached hydrogen (secondary N) is 1. The molecule has 3 fully saturated rings. The van der Waals surface area contributed by atoms with Gasteiger partial charge in [0.1, 0.15) is 0 Å².